The largest absolute Gasteiger partial charge is 0.481 e. The van der Waals surface area contributed by atoms with Crippen molar-refractivity contribution in [2.75, 3.05) is 6.61 Å². The highest BCUT2D eigenvalue weighted by Gasteiger charge is 2.46. The van der Waals surface area contributed by atoms with Gasteiger partial charge in [-0.25, -0.2) is 0 Å². The van der Waals surface area contributed by atoms with Gasteiger partial charge in [-0.1, -0.05) is 111 Å². The van der Waals surface area contributed by atoms with E-state index in [-0.39, 0.29) is 37.6 Å². The van der Waals surface area contributed by atoms with Crippen molar-refractivity contribution >= 4 is 23.9 Å². The fraction of sp³-hybridized carbons (Fsp3) is 0.895. The summed E-state index contributed by atoms with van der Waals surface area (Å²) in [4.78, 5) is 46.9. The molecule has 0 aliphatic carbocycles. The minimum atomic E-state index is -0.895. The molecular weight excluding hydrogens is 584 g/mol. The van der Waals surface area contributed by atoms with Gasteiger partial charge in [0.05, 0.1) is 6.61 Å². The molecule has 0 aliphatic rings. The Morgan fingerprint density at radius 3 is 1.30 bits per heavy atom. The molecule has 8 heteroatoms. The molecule has 0 spiro atoms. The summed E-state index contributed by atoms with van der Waals surface area (Å²) in [6.07, 6.45) is 22.2. The predicted molar refractivity (Wildman–Crippen MR) is 185 cm³/mol. The number of carboxylic acids is 2. The van der Waals surface area contributed by atoms with Crippen LogP contribution in [0.25, 0.3) is 0 Å². The molecule has 0 atom stereocenters. The number of carbonyl (C=O) groups is 4. The fourth-order valence-electron chi connectivity index (χ4n) is 6.70. The number of unbranched alkanes of at least 4 members (excludes halogenated alkanes) is 10. The molecule has 0 aliphatic heterocycles. The average molecular weight is 655 g/mol. The van der Waals surface area contributed by atoms with E-state index < -0.39 is 17.5 Å². The molecule has 0 unspecified atom stereocenters. The molecule has 0 aromatic rings. The Labute approximate surface area is 281 Å². The van der Waals surface area contributed by atoms with Crippen LogP contribution in [0.1, 0.15) is 195 Å². The zero-order chi connectivity index (χ0) is 34.5. The maximum Gasteiger partial charge on any atom is 0.306 e. The van der Waals surface area contributed by atoms with Crippen molar-refractivity contribution in [3.05, 3.63) is 0 Å². The molecule has 0 bridgehead atoms. The molecule has 0 aromatic heterocycles. The molecule has 0 saturated heterocycles. The van der Waals surface area contributed by atoms with Gasteiger partial charge in [0, 0.05) is 25.7 Å². The van der Waals surface area contributed by atoms with Crippen molar-refractivity contribution in [3.63, 3.8) is 0 Å². The highest BCUT2D eigenvalue weighted by molar-refractivity contribution is 5.72. The lowest BCUT2D eigenvalue weighted by Crippen LogP contribution is -2.49. The maximum atomic E-state index is 13.5. The molecule has 8 nitrogen and oxygen atoms in total. The first-order valence-corrected chi connectivity index (χ1v) is 19.0. The second kappa shape index (κ2) is 29.1. The van der Waals surface area contributed by atoms with Crippen LogP contribution in [0.3, 0.4) is 0 Å². The molecule has 2 N–H and O–H groups in total. The van der Waals surface area contributed by atoms with Crippen molar-refractivity contribution in [3.8, 4) is 0 Å². The van der Waals surface area contributed by atoms with Gasteiger partial charge < -0.3 is 19.7 Å². The zero-order valence-electron chi connectivity index (χ0n) is 30.1. The number of esters is 2. The molecule has 0 heterocycles. The molecule has 0 amide bonds. The second-order valence-electron chi connectivity index (χ2n) is 13.3. The summed E-state index contributed by atoms with van der Waals surface area (Å²) in [5, 5.41) is 17.8. The van der Waals surface area contributed by atoms with E-state index in [9.17, 15) is 19.2 Å². The number of ether oxygens (including phenoxy) is 2. The van der Waals surface area contributed by atoms with Gasteiger partial charge in [0.15, 0.2) is 0 Å². The van der Waals surface area contributed by atoms with Crippen LogP contribution in [0.5, 0.6) is 0 Å². The normalized spacial score (nSPS) is 11.7. The van der Waals surface area contributed by atoms with Crippen molar-refractivity contribution in [2.45, 2.75) is 200 Å². The van der Waals surface area contributed by atoms with Gasteiger partial charge in [-0.15, -0.1) is 0 Å². The van der Waals surface area contributed by atoms with Crippen molar-refractivity contribution < 1.29 is 38.9 Å². The van der Waals surface area contributed by atoms with Gasteiger partial charge in [0.2, 0.25) is 0 Å². The molecule has 0 aromatic carbocycles. The third-order valence-corrected chi connectivity index (χ3v) is 9.33. The topological polar surface area (TPSA) is 127 Å². The van der Waals surface area contributed by atoms with E-state index in [2.05, 4.69) is 27.7 Å². The Morgan fingerprint density at radius 1 is 0.500 bits per heavy atom. The van der Waals surface area contributed by atoms with Crippen LogP contribution in [-0.4, -0.2) is 46.3 Å². The summed E-state index contributed by atoms with van der Waals surface area (Å²) in [6, 6.07) is 0. The van der Waals surface area contributed by atoms with Crippen LogP contribution in [0.15, 0.2) is 0 Å². The zero-order valence-corrected chi connectivity index (χ0v) is 30.1. The Bertz CT molecular complexity index is 760. The van der Waals surface area contributed by atoms with Crippen LogP contribution in [0.2, 0.25) is 0 Å². The molecule has 0 radical (unpaired) electrons. The smallest absolute Gasteiger partial charge is 0.306 e. The monoisotopic (exact) mass is 655 g/mol. The van der Waals surface area contributed by atoms with Crippen LogP contribution in [0, 0.1) is 11.8 Å². The Kier molecular flexibility index (Phi) is 27.7. The van der Waals surface area contributed by atoms with E-state index in [1.165, 1.54) is 0 Å². The Balaban J connectivity index is 5.48. The quantitative estimate of drug-likeness (QED) is 0.0528. The van der Waals surface area contributed by atoms with Gasteiger partial charge in [0.1, 0.15) is 5.60 Å². The molecule has 0 saturated carbocycles. The summed E-state index contributed by atoms with van der Waals surface area (Å²) >= 11 is 0. The summed E-state index contributed by atoms with van der Waals surface area (Å²) in [5.41, 5.74) is -0.497. The first kappa shape index (κ1) is 43.9. The summed E-state index contributed by atoms with van der Waals surface area (Å²) in [6.45, 7) is 9.31. The van der Waals surface area contributed by atoms with E-state index in [1.54, 1.807) is 0 Å². The van der Waals surface area contributed by atoms with Gasteiger partial charge in [-0.2, -0.15) is 0 Å². The fourth-order valence-corrected chi connectivity index (χ4v) is 6.70. The van der Waals surface area contributed by atoms with Gasteiger partial charge in [-0.3, -0.25) is 19.2 Å². The van der Waals surface area contributed by atoms with Gasteiger partial charge in [0.25, 0.3) is 0 Å². The van der Waals surface area contributed by atoms with Crippen LogP contribution < -0.4 is 0 Å². The third kappa shape index (κ3) is 21.6. The third-order valence-electron chi connectivity index (χ3n) is 9.33. The van der Waals surface area contributed by atoms with Crippen LogP contribution >= 0.6 is 0 Å². The number of aliphatic carboxylic acids is 2. The van der Waals surface area contributed by atoms with E-state index in [0.717, 1.165) is 128 Å². The lowest BCUT2D eigenvalue weighted by molar-refractivity contribution is -0.181. The van der Waals surface area contributed by atoms with Crippen LogP contribution in [0.4, 0.5) is 0 Å². The molecule has 0 rings (SSSR count). The first-order chi connectivity index (χ1) is 22.2. The lowest BCUT2D eigenvalue weighted by Gasteiger charge is -2.47. The molecule has 46 heavy (non-hydrogen) atoms. The lowest BCUT2D eigenvalue weighted by atomic mass is 9.66. The number of carbonyl (C=O) groups excluding carboxylic acids is 2. The van der Waals surface area contributed by atoms with Crippen molar-refractivity contribution in [1.29, 1.82) is 0 Å². The standard InChI is InChI=1S/C38H70O8/c1-5-9-22-32(23-10-6-2)38(33(24-11-7-3)25-12-8-4,46-37(44)29-21-27-35(41)42)30-18-16-14-13-15-17-19-31-45-36(43)28-20-26-34(39)40/h32-33H,5-31H2,1-4H3,(H,39,40)(H,41,42). The number of carboxylic acid groups (broad SMARTS) is 2. The summed E-state index contributed by atoms with van der Waals surface area (Å²) in [5.74, 6) is -1.67. The van der Waals surface area contributed by atoms with E-state index in [4.69, 9.17) is 19.7 Å². The van der Waals surface area contributed by atoms with Crippen LogP contribution in [-0.2, 0) is 28.7 Å². The maximum absolute atomic E-state index is 13.5. The van der Waals surface area contributed by atoms with E-state index in [1.807, 2.05) is 0 Å². The van der Waals surface area contributed by atoms with E-state index in [0.29, 0.717) is 31.3 Å². The number of hydrogen-bond acceptors (Lipinski definition) is 6. The minimum Gasteiger partial charge on any atom is -0.481 e. The number of rotatable bonds is 33. The predicted octanol–water partition coefficient (Wildman–Crippen LogP) is 10.4. The Morgan fingerprint density at radius 2 is 0.891 bits per heavy atom. The van der Waals surface area contributed by atoms with Crippen molar-refractivity contribution in [1.82, 2.24) is 0 Å². The molecular formula is C38H70O8. The van der Waals surface area contributed by atoms with Crippen molar-refractivity contribution in [2.24, 2.45) is 11.8 Å². The second-order valence-corrected chi connectivity index (χ2v) is 13.3. The minimum absolute atomic E-state index is 0.0122. The first-order valence-electron chi connectivity index (χ1n) is 19.0. The Hall–Kier alpha value is -2.12. The highest BCUT2D eigenvalue weighted by atomic mass is 16.6. The SMILES string of the molecule is CCCCC(CCCC)C(CCCCCCCCCOC(=O)CCCC(=O)O)(OC(=O)CCCC(=O)O)C(CCCC)CCCC. The van der Waals surface area contributed by atoms with E-state index >= 15 is 0 Å². The molecule has 0 fully saturated rings. The number of hydrogen-bond donors (Lipinski definition) is 2. The molecule has 270 valence electrons. The highest BCUT2D eigenvalue weighted by Crippen LogP contribution is 2.46. The average Bonchev–Trinajstić information content (AvgIpc) is 3.01. The van der Waals surface area contributed by atoms with Gasteiger partial charge in [-0.05, 0) is 69.6 Å². The summed E-state index contributed by atoms with van der Waals surface area (Å²) in [7, 11) is 0. The summed E-state index contributed by atoms with van der Waals surface area (Å²) < 4.78 is 12.0. The van der Waals surface area contributed by atoms with Gasteiger partial charge >= 0.3 is 23.9 Å².